The molecule has 0 atom stereocenters. The molecule has 0 aromatic carbocycles. The highest BCUT2D eigenvalue weighted by atomic mass is 19.3. The molecule has 2 amide bonds. The Morgan fingerprint density at radius 2 is 2.00 bits per heavy atom. The molecule has 8 nitrogen and oxygen atoms in total. The lowest BCUT2D eigenvalue weighted by Crippen LogP contribution is -2.26. The third-order valence-electron chi connectivity index (χ3n) is 3.13. The van der Waals surface area contributed by atoms with Crippen LogP contribution in [-0.2, 0) is 6.54 Å². The number of carbonyl (C=O) groups is 2. The van der Waals surface area contributed by atoms with E-state index in [1.54, 1.807) is 0 Å². The maximum atomic E-state index is 12.5. The molecule has 0 bridgehead atoms. The van der Waals surface area contributed by atoms with E-state index in [1.807, 2.05) is 13.8 Å². The minimum Gasteiger partial charge on any atom is -0.351 e. The zero-order chi connectivity index (χ0) is 17.7. The zero-order valence-corrected chi connectivity index (χ0v) is 13.3. The van der Waals surface area contributed by atoms with Crippen LogP contribution in [0.25, 0.3) is 0 Å². The van der Waals surface area contributed by atoms with Gasteiger partial charge in [0.25, 0.3) is 11.8 Å². The Morgan fingerprint density at radius 1 is 1.25 bits per heavy atom. The van der Waals surface area contributed by atoms with Crippen LogP contribution < -0.4 is 10.6 Å². The van der Waals surface area contributed by atoms with E-state index in [2.05, 4.69) is 20.8 Å². The number of aryl methyl sites for hydroxylation is 1. The number of aromatic nitrogens is 4. The summed E-state index contributed by atoms with van der Waals surface area (Å²) in [4.78, 5) is 24.2. The first-order chi connectivity index (χ1) is 11.5. The summed E-state index contributed by atoms with van der Waals surface area (Å²) in [5.41, 5.74) is 0.0773. The average molecular weight is 340 g/mol. The van der Waals surface area contributed by atoms with Crippen molar-refractivity contribution in [3.05, 3.63) is 29.8 Å². The summed E-state index contributed by atoms with van der Waals surface area (Å²) >= 11 is 0. The van der Waals surface area contributed by atoms with Gasteiger partial charge in [0.15, 0.2) is 11.4 Å². The number of rotatable bonds is 7. The SMILES string of the molecule is CCCNC(=O)c1nn(CC)cc1NC(=O)c1ccn(C(F)F)n1. The molecule has 0 saturated carbocycles. The quantitative estimate of drug-likeness (QED) is 0.805. The van der Waals surface area contributed by atoms with Crippen molar-refractivity contribution in [2.24, 2.45) is 0 Å². The molecule has 2 aromatic rings. The number of hydrogen-bond donors (Lipinski definition) is 2. The van der Waals surface area contributed by atoms with Crippen LogP contribution in [0.4, 0.5) is 14.5 Å². The molecular formula is C14H18F2N6O2. The number of hydrogen-bond acceptors (Lipinski definition) is 4. The largest absolute Gasteiger partial charge is 0.351 e. The molecule has 10 heteroatoms. The van der Waals surface area contributed by atoms with Gasteiger partial charge in [-0.3, -0.25) is 14.3 Å². The fourth-order valence-corrected chi connectivity index (χ4v) is 1.92. The van der Waals surface area contributed by atoms with Crippen LogP contribution in [-0.4, -0.2) is 37.9 Å². The summed E-state index contributed by atoms with van der Waals surface area (Å²) in [5, 5.41) is 12.8. The number of carbonyl (C=O) groups excluding carboxylic acids is 2. The number of anilines is 1. The van der Waals surface area contributed by atoms with Gasteiger partial charge in [-0.15, -0.1) is 0 Å². The summed E-state index contributed by atoms with van der Waals surface area (Å²) in [6.07, 6.45) is 3.26. The second kappa shape index (κ2) is 7.66. The van der Waals surface area contributed by atoms with Gasteiger partial charge in [0.05, 0.1) is 5.69 Å². The van der Waals surface area contributed by atoms with Crippen LogP contribution in [0.1, 0.15) is 47.8 Å². The van der Waals surface area contributed by atoms with Crippen molar-refractivity contribution in [1.29, 1.82) is 0 Å². The predicted molar refractivity (Wildman–Crippen MR) is 82.0 cm³/mol. The molecule has 0 aliphatic heterocycles. The van der Waals surface area contributed by atoms with Gasteiger partial charge in [0.2, 0.25) is 0 Å². The van der Waals surface area contributed by atoms with Crippen molar-refractivity contribution >= 4 is 17.5 Å². The van der Waals surface area contributed by atoms with E-state index in [1.165, 1.54) is 16.9 Å². The van der Waals surface area contributed by atoms with E-state index in [0.29, 0.717) is 17.8 Å². The highest BCUT2D eigenvalue weighted by molar-refractivity contribution is 6.07. The smallest absolute Gasteiger partial charge is 0.333 e. The second-order valence-corrected chi connectivity index (χ2v) is 4.92. The van der Waals surface area contributed by atoms with Gasteiger partial charge in [-0.1, -0.05) is 6.92 Å². The fraction of sp³-hybridized carbons (Fsp3) is 0.429. The number of halogens is 2. The summed E-state index contributed by atoms with van der Waals surface area (Å²) in [6, 6.07) is 1.17. The Labute approximate surface area is 136 Å². The molecule has 2 rings (SSSR count). The zero-order valence-electron chi connectivity index (χ0n) is 13.3. The van der Waals surface area contributed by atoms with E-state index in [0.717, 1.165) is 12.6 Å². The topological polar surface area (TPSA) is 93.8 Å². The van der Waals surface area contributed by atoms with Crippen LogP contribution in [0, 0.1) is 0 Å². The molecule has 0 saturated heterocycles. The monoisotopic (exact) mass is 340 g/mol. The van der Waals surface area contributed by atoms with Crippen LogP contribution in [0.2, 0.25) is 0 Å². The van der Waals surface area contributed by atoms with Gasteiger partial charge < -0.3 is 10.6 Å². The molecular weight excluding hydrogens is 322 g/mol. The van der Waals surface area contributed by atoms with E-state index in [4.69, 9.17) is 0 Å². The first-order valence-electron chi connectivity index (χ1n) is 7.46. The minimum absolute atomic E-state index is 0.0620. The molecule has 0 fully saturated rings. The van der Waals surface area contributed by atoms with Crippen LogP contribution in [0.5, 0.6) is 0 Å². The molecule has 24 heavy (non-hydrogen) atoms. The van der Waals surface area contributed by atoms with Crippen LogP contribution in [0.15, 0.2) is 18.5 Å². The van der Waals surface area contributed by atoms with Gasteiger partial charge in [0, 0.05) is 25.5 Å². The molecule has 2 aromatic heterocycles. The number of alkyl halides is 2. The number of nitrogens with zero attached hydrogens (tertiary/aromatic N) is 4. The molecule has 0 unspecified atom stereocenters. The van der Waals surface area contributed by atoms with Gasteiger partial charge >= 0.3 is 6.55 Å². The normalized spacial score (nSPS) is 10.9. The maximum absolute atomic E-state index is 12.5. The van der Waals surface area contributed by atoms with Crippen molar-refractivity contribution in [1.82, 2.24) is 24.9 Å². The van der Waals surface area contributed by atoms with E-state index in [9.17, 15) is 18.4 Å². The lowest BCUT2D eigenvalue weighted by atomic mass is 10.3. The molecule has 2 heterocycles. The molecule has 0 aliphatic carbocycles. The maximum Gasteiger partial charge on any atom is 0.333 e. The third kappa shape index (κ3) is 3.94. The van der Waals surface area contributed by atoms with E-state index in [-0.39, 0.29) is 17.1 Å². The first-order valence-corrected chi connectivity index (χ1v) is 7.46. The van der Waals surface area contributed by atoms with E-state index >= 15 is 0 Å². The van der Waals surface area contributed by atoms with Gasteiger partial charge in [-0.05, 0) is 19.4 Å². The number of amides is 2. The first kappa shape index (κ1) is 17.6. The summed E-state index contributed by atoms with van der Waals surface area (Å²) < 4.78 is 26.9. The Kier molecular flexibility index (Phi) is 5.61. The van der Waals surface area contributed by atoms with Gasteiger partial charge in [-0.2, -0.15) is 19.0 Å². The summed E-state index contributed by atoms with van der Waals surface area (Å²) in [5.74, 6) is -1.12. The molecule has 0 aliphatic rings. The van der Waals surface area contributed by atoms with Crippen molar-refractivity contribution < 1.29 is 18.4 Å². The van der Waals surface area contributed by atoms with Crippen LogP contribution >= 0.6 is 0 Å². The summed E-state index contributed by atoms with van der Waals surface area (Å²) in [7, 11) is 0. The van der Waals surface area contributed by atoms with E-state index < -0.39 is 18.4 Å². The third-order valence-corrected chi connectivity index (χ3v) is 3.13. The molecule has 130 valence electrons. The predicted octanol–water partition coefficient (Wildman–Crippen LogP) is 1.89. The minimum atomic E-state index is -2.83. The second-order valence-electron chi connectivity index (χ2n) is 4.92. The highest BCUT2D eigenvalue weighted by Crippen LogP contribution is 2.16. The fourth-order valence-electron chi connectivity index (χ4n) is 1.92. The highest BCUT2D eigenvalue weighted by Gasteiger charge is 2.20. The van der Waals surface area contributed by atoms with Crippen molar-refractivity contribution in [2.75, 3.05) is 11.9 Å². The molecule has 0 radical (unpaired) electrons. The average Bonchev–Trinajstić information content (AvgIpc) is 3.19. The lowest BCUT2D eigenvalue weighted by molar-refractivity contribution is 0.0561. The van der Waals surface area contributed by atoms with Crippen molar-refractivity contribution in [2.45, 2.75) is 33.4 Å². The number of nitrogens with one attached hydrogen (secondary N) is 2. The molecule has 2 N–H and O–H groups in total. The van der Waals surface area contributed by atoms with Crippen molar-refractivity contribution in [3.63, 3.8) is 0 Å². The Morgan fingerprint density at radius 3 is 2.58 bits per heavy atom. The van der Waals surface area contributed by atoms with Gasteiger partial charge in [-0.25, -0.2) is 4.68 Å². The Balaban J connectivity index is 2.19. The Bertz CT molecular complexity index is 725. The van der Waals surface area contributed by atoms with Crippen molar-refractivity contribution in [3.8, 4) is 0 Å². The van der Waals surface area contributed by atoms with Gasteiger partial charge in [0.1, 0.15) is 0 Å². The standard InChI is InChI=1S/C14H18F2N6O2/c1-3-6-17-13(24)11-10(8-21(4-2)20-11)18-12(23)9-5-7-22(19-9)14(15)16/h5,7-8,14H,3-4,6H2,1-2H3,(H,17,24)(H,18,23). The summed E-state index contributed by atoms with van der Waals surface area (Å²) in [6.45, 7) is 1.89. The molecule has 0 spiro atoms. The lowest BCUT2D eigenvalue weighted by Gasteiger charge is -2.04. The Hall–Kier alpha value is -2.78. The van der Waals surface area contributed by atoms with Crippen LogP contribution in [0.3, 0.4) is 0 Å².